The molecule has 0 saturated heterocycles. The van der Waals surface area contributed by atoms with Crippen LogP contribution in [-0.2, 0) is 14.4 Å². The van der Waals surface area contributed by atoms with E-state index in [0.29, 0.717) is 0 Å². The molecular weight excluding hydrogens is 428 g/mol. The van der Waals surface area contributed by atoms with Crippen molar-refractivity contribution in [1.82, 2.24) is 0 Å². The van der Waals surface area contributed by atoms with Crippen LogP contribution in [0.5, 0.6) is 0 Å². The minimum atomic E-state index is -2.74. The van der Waals surface area contributed by atoms with E-state index in [1.807, 2.05) is 0 Å². The molecule has 0 saturated carbocycles. The number of aliphatic carboxylic acids is 3. The predicted octanol–water partition coefficient (Wildman–Crippen LogP) is -2.01. The summed E-state index contributed by atoms with van der Waals surface area (Å²) in [6.45, 7) is 0. The average molecular weight is 441 g/mol. The second-order valence-electron chi connectivity index (χ2n) is 2.48. The molecule has 9 heteroatoms. The van der Waals surface area contributed by atoms with Crippen molar-refractivity contribution in [2.24, 2.45) is 0 Å². The van der Waals surface area contributed by atoms with Gasteiger partial charge in [-0.2, -0.15) is 0 Å². The van der Waals surface area contributed by atoms with Crippen LogP contribution in [0.15, 0.2) is 0 Å². The third kappa shape index (κ3) is 7.47. The Morgan fingerprint density at radius 3 is 1.33 bits per heavy atom. The van der Waals surface area contributed by atoms with Crippen LogP contribution in [0.3, 0.4) is 0 Å². The molecule has 0 aliphatic rings. The summed E-state index contributed by atoms with van der Waals surface area (Å²) in [5.41, 5.74) is -2.74. The fourth-order valence-electron chi connectivity index (χ4n) is 0.714. The molecule has 7 nitrogen and oxygen atoms in total. The second kappa shape index (κ2) is 7.79. The zero-order chi connectivity index (χ0) is 10.6. The number of carbonyl (C=O) groups is 3. The Morgan fingerprint density at radius 2 is 1.20 bits per heavy atom. The van der Waals surface area contributed by atoms with Gasteiger partial charge in [-0.25, -0.2) is 4.79 Å². The molecule has 0 unspecified atom stereocenters. The number of rotatable bonds is 5. The van der Waals surface area contributed by atoms with Crippen LogP contribution in [0.25, 0.3) is 0 Å². The third-order valence-corrected chi connectivity index (χ3v) is 1.29. The molecule has 0 aromatic carbocycles. The number of carboxylic acid groups (broad SMARTS) is 3. The molecule has 0 spiro atoms. The molecule has 90 valence electrons. The van der Waals surface area contributed by atoms with Gasteiger partial charge in [-0.1, -0.05) is 0 Å². The molecule has 0 heterocycles. The van der Waals surface area contributed by atoms with E-state index in [4.69, 9.17) is 20.4 Å². The Balaban J connectivity index is -0.000000720. The van der Waals surface area contributed by atoms with Crippen LogP contribution in [0.2, 0.25) is 0 Å². The SMILES string of the molecule is Cl.O=C(O)CC(O)(CC(=O)O)C(=O)O.[BiH3]. The van der Waals surface area contributed by atoms with Crippen LogP contribution >= 0.6 is 12.4 Å². The van der Waals surface area contributed by atoms with Gasteiger partial charge >= 0.3 is 44.1 Å². The Morgan fingerprint density at radius 1 is 0.933 bits per heavy atom. The molecule has 0 aromatic heterocycles. The minimum absolute atomic E-state index is 0. The number of aliphatic hydroxyl groups is 1. The van der Waals surface area contributed by atoms with Gasteiger partial charge in [-0.15, -0.1) is 12.4 Å². The molecule has 4 N–H and O–H groups in total. The van der Waals surface area contributed by atoms with E-state index in [9.17, 15) is 14.4 Å². The van der Waals surface area contributed by atoms with Crippen LogP contribution < -0.4 is 0 Å². The van der Waals surface area contributed by atoms with E-state index in [1.165, 1.54) is 0 Å². The Hall–Kier alpha value is -0.457. The summed E-state index contributed by atoms with van der Waals surface area (Å²) in [4.78, 5) is 30.5. The third-order valence-electron chi connectivity index (χ3n) is 1.29. The van der Waals surface area contributed by atoms with Gasteiger partial charge in [0.05, 0.1) is 12.8 Å². The molecular formula is C6H12BiClO7. The molecule has 0 aromatic rings. The zero-order valence-corrected chi connectivity index (χ0v) is 13.9. The maximum absolute atomic E-state index is 10.3. The number of hydrogen-bond donors (Lipinski definition) is 4. The monoisotopic (exact) mass is 440 g/mol. The molecule has 0 fully saturated rings. The summed E-state index contributed by atoms with van der Waals surface area (Å²) >= 11 is 0. The summed E-state index contributed by atoms with van der Waals surface area (Å²) in [5.74, 6) is -5.02. The van der Waals surface area contributed by atoms with Gasteiger partial charge in [0.25, 0.3) is 0 Å². The fourth-order valence-corrected chi connectivity index (χ4v) is 0.714. The first-order chi connectivity index (χ1) is 5.78. The Bertz CT molecular complexity index is 238. The van der Waals surface area contributed by atoms with E-state index in [2.05, 4.69) is 0 Å². The van der Waals surface area contributed by atoms with Crippen molar-refractivity contribution in [3.05, 3.63) is 0 Å². The first kappa shape index (κ1) is 20.0. The summed E-state index contributed by atoms with van der Waals surface area (Å²) in [6.07, 6.45) is -2.29. The molecule has 0 radical (unpaired) electrons. The van der Waals surface area contributed by atoms with Crippen LogP contribution in [-0.4, -0.2) is 70.1 Å². The van der Waals surface area contributed by atoms with Crippen molar-refractivity contribution >= 4 is 56.5 Å². The number of halogens is 1. The van der Waals surface area contributed by atoms with E-state index in [1.54, 1.807) is 0 Å². The molecule has 0 atom stereocenters. The van der Waals surface area contributed by atoms with Crippen molar-refractivity contribution in [1.29, 1.82) is 0 Å². The van der Waals surface area contributed by atoms with Gasteiger partial charge in [0, 0.05) is 0 Å². The molecule has 0 rings (SSSR count). The zero-order valence-electron chi connectivity index (χ0n) is 7.54. The first-order valence-corrected chi connectivity index (χ1v) is 3.17. The van der Waals surface area contributed by atoms with Gasteiger partial charge in [0.1, 0.15) is 0 Å². The van der Waals surface area contributed by atoms with Crippen LogP contribution in [0.4, 0.5) is 0 Å². The van der Waals surface area contributed by atoms with Crippen molar-refractivity contribution < 1.29 is 34.8 Å². The molecule has 0 aliphatic heterocycles. The van der Waals surface area contributed by atoms with Crippen molar-refractivity contribution in [3.63, 3.8) is 0 Å². The van der Waals surface area contributed by atoms with Gasteiger partial charge in [-0.05, 0) is 0 Å². The first-order valence-electron chi connectivity index (χ1n) is 3.17. The van der Waals surface area contributed by atoms with E-state index in [-0.39, 0.29) is 38.6 Å². The quantitative estimate of drug-likeness (QED) is 0.363. The van der Waals surface area contributed by atoms with Crippen LogP contribution in [0, 0.1) is 0 Å². The van der Waals surface area contributed by atoms with E-state index in [0.717, 1.165) is 0 Å². The van der Waals surface area contributed by atoms with E-state index >= 15 is 0 Å². The second-order valence-corrected chi connectivity index (χ2v) is 2.48. The predicted molar refractivity (Wildman–Crippen MR) is 54.3 cm³/mol. The summed E-state index contributed by atoms with van der Waals surface area (Å²) < 4.78 is 0. The Kier molecular flexibility index (Phi) is 10.4. The molecule has 0 amide bonds. The average Bonchev–Trinajstić information content (AvgIpc) is 1.82. The maximum atomic E-state index is 10.3. The normalized spacial score (nSPS) is 9.40. The number of carboxylic acids is 3. The Labute approximate surface area is 110 Å². The summed E-state index contributed by atoms with van der Waals surface area (Å²) in [6, 6.07) is 0. The van der Waals surface area contributed by atoms with Crippen molar-refractivity contribution in [2.75, 3.05) is 0 Å². The topological polar surface area (TPSA) is 132 Å². The van der Waals surface area contributed by atoms with Crippen LogP contribution in [0.1, 0.15) is 12.8 Å². The van der Waals surface area contributed by atoms with Crippen molar-refractivity contribution in [2.45, 2.75) is 18.4 Å². The fraction of sp³-hybridized carbons (Fsp3) is 0.500. The summed E-state index contributed by atoms with van der Waals surface area (Å²) in [7, 11) is 0. The standard InChI is InChI=1S/C6H8O7.Bi.ClH.3H/c7-3(8)1-6(13,5(11)12)2-4(9)10;;;;;/h13H,1-2H2,(H,7,8)(H,9,10)(H,11,12);;1H;;;. The van der Waals surface area contributed by atoms with Gasteiger partial charge in [-0.3, -0.25) is 9.59 Å². The number of hydrogen-bond acceptors (Lipinski definition) is 4. The van der Waals surface area contributed by atoms with Gasteiger partial charge < -0.3 is 20.4 Å². The van der Waals surface area contributed by atoms with E-state index < -0.39 is 36.4 Å². The molecule has 15 heavy (non-hydrogen) atoms. The summed E-state index contributed by atoms with van der Waals surface area (Å²) in [5, 5.41) is 33.8. The molecule has 0 aliphatic carbocycles. The molecule has 0 bridgehead atoms. The van der Waals surface area contributed by atoms with Gasteiger partial charge in [0.15, 0.2) is 5.60 Å². The van der Waals surface area contributed by atoms with Gasteiger partial charge in [0.2, 0.25) is 0 Å². The van der Waals surface area contributed by atoms with Crippen molar-refractivity contribution in [3.8, 4) is 0 Å².